The summed E-state index contributed by atoms with van der Waals surface area (Å²) in [5, 5.41) is 8.66. The van der Waals surface area contributed by atoms with E-state index in [1.165, 1.54) is 6.08 Å². The van der Waals surface area contributed by atoms with Gasteiger partial charge in [-0.05, 0) is 63.1 Å². The lowest BCUT2D eigenvalue weighted by Gasteiger charge is -2.19. The van der Waals surface area contributed by atoms with Gasteiger partial charge in [0.05, 0.1) is 12.8 Å². The van der Waals surface area contributed by atoms with Gasteiger partial charge in [-0.2, -0.15) is 4.98 Å². The highest BCUT2D eigenvalue weighted by Crippen LogP contribution is 2.23. The standard InChI is InChI=1S/C28H32FN5O4/c1-5-22(35)16-19-9-6-10-20(15-19)32-25-24(29)18-31-26(34-25)33-21-11-7-12-23(17-21)37-14-8-13-30-27(36)38-28(2,3)4/h5-7,9-12,15,17-18H,1,8,13-14,16H2,2-4H3,(H,30,36)(H2,31,32,33,34). The summed E-state index contributed by atoms with van der Waals surface area (Å²) in [5.41, 5.74) is 1.46. The summed E-state index contributed by atoms with van der Waals surface area (Å²) in [6, 6.07) is 14.2. The van der Waals surface area contributed by atoms with Crippen molar-refractivity contribution in [3.63, 3.8) is 0 Å². The van der Waals surface area contributed by atoms with Crippen LogP contribution in [-0.4, -0.2) is 40.6 Å². The van der Waals surface area contributed by atoms with Crippen LogP contribution in [0.5, 0.6) is 5.75 Å². The number of alkyl carbamates (subject to hydrolysis) is 1. The van der Waals surface area contributed by atoms with Gasteiger partial charge in [0, 0.05) is 30.4 Å². The number of allylic oxidation sites excluding steroid dienone is 1. The minimum Gasteiger partial charge on any atom is -0.493 e. The van der Waals surface area contributed by atoms with Crippen molar-refractivity contribution in [3.8, 4) is 5.75 Å². The number of hydrogen-bond donors (Lipinski definition) is 3. The number of ether oxygens (including phenoxy) is 2. The van der Waals surface area contributed by atoms with Gasteiger partial charge in [-0.25, -0.2) is 14.2 Å². The van der Waals surface area contributed by atoms with E-state index in [9.17, 15) is 14.0 Å². The van der Waals surface area contributed by atoms with Gasteiger partial charge in [0.2, 0.25) is 5.95 Å². The number of anilines is 4. The molecule has 3 N–H and O–H groups in total. The van der Waals surface area contributed by atoms with Gasteiger partial charge in [-0.1, -0.05) is 24.8 Å². The van der Waals surface area contributed by atoms with E-state index >= 15 is 0 Å². The van der Waals surface area contributed by atoms with Gasteiger partial charge >= 0.3 is 6.09 Å². The molecule has 0 radical (unpaired) electrons. The van der Waals surface area contributed by atoms with Crippen LogP contribution in [0.25, 0.3) is 0 Å². The molecule has 200 valence electrons. The molecule has 2 aromatic carbocycles. The fourth-order valence-corrected chi connectivity index (χ4v) is 3.24. The fourth-order valence-electron chi connectivity index (χ4n) is 3.24. The monoisotopic (exact) mass is 521 g/mol. The molecular weight excluding hydrogens is 489 g/mol. The molecule has 0 bridgehead atoms. The van der Waals surface area contributed by atoms with Crippen molar-refractivity contribution in [1.82, 2.24) is 15.3 Å². The summed E-state index contributed by atoms with van der Waals surface area (Å²) in [4.78, 5) is 31.6. The minimum atomic E-state index is -0.625. The van der Waals surface area contributed by atoms with Crippen molar-refractivity contribution in [2.45, 2.75) is 39.2 Å². The maximum Gasteiger partial charge on any atom is 0.407 e. The number of carbonyl (C=O) groups excluding carboxylic acids is 2. The van der Waals surface area contributed by atoms with Crippen LogP contribution in [0.15, 0.2) is 67.4 Å². The van der Waals surface area contributed by atoms with Crippen molar-refractivity contribution in [2.75, 3.05) is 23.8 Å². The maximum atomic E-state index is 14.4. The maximum absolute atomic E-state index is 14.4. The smallest absolute Gasteiger partial charge is 0.407 e. The first kappa shape index (κ1) is 28.1. The van der Waals surface area contributed by atoms with E-state index in [-0.39, 0.29) is 24.0 Å². The molecule has 0 spiro atoms. The summed E-state index contributed by atoms with van der Waals surface area (Å²) in [7, 11) is 0. The number of ketones is 1. The van der Waals surface area contributed by atoms with Crippen molar-refractivity contribution >= 4 is 35.0 Å². The van der Waals surface area contributed by atoms with E-state index in [2.05, 4.69) is 32.5 Å². The minimum absolute atomic E-state index is 0.0143. The lowest BCUT2D eigenvalue weighted by atomic mass is 10.1. The first-order valence-corrected chi connectivity index (χ1v) is 12.1. The van der Waals surface area contributed by atoms with E-state index < -0.39 is 17.5 Å². The molecule has 1 aromatic heterocycles. The summed E-state index contributed by atoms with van der Waals surface area (Å²) < 4.78 is 25.4. The third kappa shape index (κ3) is 9.53. The second-order valence-corrected chi connectivity index (χ2v) is 9.35. The molecule has 0 aliphatic carbocycles. The Labute approximate surface area is 221 Å². The zero-order chi connectivity index (χ0) is 27.5. The first-order valence-electron chi connectivity index (χ1n) is 12.1. The lowest BCUT2D eigenvalue weighted by Crippen LogP contribution is -2.33. The predicted octanol–water partition coefficient (Wildman–Crippen LogP) is 5.69. The third-order valence-corrected chi connectivity index (χ3v) is 4.89. The van der Waals surface area contributed by atoms with Gasteiger partial charge in [0.1, 0.15) is 11.4 Å². The van der Waals surface area contributed by atoms with Gasteiger partial charge in [-0.15, -0.1) is 0 Å². The zero-order valence-electron chi connectivity index (χ0n) is 21.7. The van der Waals surface area contributed by atoms with E-state index in [0.29, 0.717) is 36.7 Å². The molecule has 38 heavy (non-hydrogen) atoms. The number of nitrogens with zero attached hydrogens (tertiary/aromatic N) is 2. The number of benzene rings is 2. The van der Waals surface area contributed by atoms with E-state index in [4.69, 9.17) is 9.47 Å². The number of halogens is 1. The lowest BCUT2D eigenvalue weighted by molar-refractivity contribution is -0.114. The number of rotatable bonds is 12. The largest absolute Gasteiger partial charge is 0.493 e. The van der Waals surface area contributed by atoms with Crippen LogP contribution in [-0.2, 0) is 16.0 Å². The van der Waals surface area contributed by atoms with Gasteiger partial charge in [-0.3, -0.25) is 4.79 Å². The molecule has 0 saturated heterocycles. The topological polar surface area (TPSA) is 114 Å². The highest BCUT2D eigenvalue weighted by Gasteiger charge is 2.15. The Hall–Kier alpha value is -4.47. The molecule has 0 unspecified atom stereocenters. The first-order chi connectivity index (χ1) is 18.1. The molecule has 0 fully saturated rings. The van der Waals surface area contributed by atoms with Crippen molar-refractivity contribution in [1.29, 1.82) is 0 Å². The highest BCUT2D eigenvalue weighted by molar-refractivity contribution is 5.91. The van der Waals surface area contributed by atoms with Gasteiger partial charge in [0.25, 0.3) is 0 Å². The van der Waals surface area contributed by atoms with Crippen molar-refractivity contribution < 1.29 is 23.5 Å². The average molecular weight is 522 g/mol. The van der Waals surface area contributed by atoms with Gasteiger partial charge < -0.3 is 25.4 Å². The summed E-state index contributed by atoms with van der Waals surface area (Å²) in [6.45, 7) is 9.70. The summed E-state index contributed by atoms with van der Waals surface area (Å²) in [6.07, 6.45) is 2.67. The Morgan fingerprint density at radius 1 is 1.08 bits per heavy atom. The Morgan fingerprint density at radius 2 is 1.82 bits per heavy atom. The normalized spacial score (nSPS) is 10.8. The molecular formula is C28H32FN5O4. The van der Waals surface area contributed by atoms with E-state index in [1.807, 2.05) is 6.07 Å². The SMILES string of the molecule is C=CC(=O)Cc1cccc(Nc2nc(Nc3cccc(OCCCNC(=O)OC(C)(C)C)c3)ncc2F)c1. The molecule has 1 amide bonds. The molecule has 0 saturated carbocycles. The highest BCUT2D eigenvalue weighted by atomic mass is 19.1. The average Bonchev–Trinajstić information content (AvgIpc) is 2.85. The fraction of sp³-hybridized carbons (Fsp3) is 0.286. The van der Waals surface area contributed by atoms with Crippen LogP contribution in [0.1, 0.15) is 32.8 Å². The molecule has 0 aliphatic heterocycles. The molecule has 10 heteroatoms. The van der Waals surface area contributed by atoms with Crippen molar-refractivity contribution in [3.05, 3.63) is 78.8 Å². The second kappa shape index (κ2) is 13.2. The number of nitrogens with one attached hydrogen (secondary N) is 3. The van der Waals surface area contributed by atoms with E-state index in [1.54, 1.807) is 63.2 Å². The molecule has 3 aromatic rings. The van der Waals surface area contributed by atoms with Crippen LogP contribution in [0.2, 0.25) is 0 Å². The Morgan fingerprint density at radius 3 is 2.55 bits per heavy atom. The quantitative estimate of drug-likeness (QED) is 0.206. The number of amides is 1. The summed E-state index contributed by atoms with van der Waals surface area (Å²) in [5.74, 6) is 0.0505. The Kier molecular flexibility index (Phi) is 9.75. The van der Waals surface area contributed by atoms with Gasteiger partial charge in [0.15, 0.2) is 17.4 Å². The van der Waals surface area contributed by atoms with E-state index in [0.717, 1.165) is 11.8 Å². The van der Waals surface area contributed by atoms with Crippen molar-refractivity contribution in [2.24, 2.45) is 0 Å². The predicted molar refractivity (Wildman–Crippen MR) is 145 cm³/mol. The van der Waals surface area contributed by atoms with Crippen LogP contribution < -0.4 is 20.7 Å². The van der Waals surface area contributed by atoms with Crippen LogP contribution >= 0.6 is 0 Å². The Balaban J connectivity index is 1.55. The van der Waals surface area contributed by atoms with Crippen LogP contribution in [0.3, 0.4) is 0 Å². The van der Waals surface area contributed by atoms with Crippen LogP contribution in [0, 0.1) is 5.82 Å². The van der Waals surface area contributed by atoms with Crippen LogP contribution in [0.4, 0.5) is 32.3 Å². The third-order valence-electron chi connectivity index (χ3n) is 4.89. The molecule has 9 nitrogen and oxygen atoms in total. The molecule has 1 heterocycles. The zero-order valence-corrected chi connectivity index (χ0v) is 21.7. The number of carbonyl (C=O) groups is 2. The number of hydrogen-bond acceptors (Lipinski definition) is 8. The molecule has 3 rings (SSSR count). The molecule has 0 aliphatic rings. The second-order valence-electron chi connectivity index (χ2n) is 9.35. The molecule has 0 atom stereocenters. The summed E-state index contributed by atoms with van der Waals surface area (Å²) >= 11 is 0. The number of aromatic nitrogens is 2. The Bertz CT molecular complexity index is 1280.